The first-order chi connectivity index (χ1) is 5.81. The fraction of sp³-hybridized carbons (Fsp3) is 1.00. The summed E-state index contributed by atoms with van der Waals surface area (Å²) in [5, 5.41) is 0. The molecule has 0 aliphatic heterocycles. The first kappa shape index (κ1) is 12.0. The van der Waals surface area contributed by atoms with Crippen molar-refractivity contribution in [2.45, 2.75) is 72.1 Å². The van der Waals surface area contributed by atoms with Gasteiger partial charge in [-0.15, -0.1) is 0 Å². The highest BCUT2D eigenvalue weighted by Gasteiger charge is 2.05. The summed E-state index contributed by atoms with van der Waals surface area (Å²) < 4.78 is 0. The molecular weight excluding hydrogens is 144 g/mol. The van der Waals surface area contributed by atoms with E-state index >= 15 is 0 Å². The van der Waals surface area contributed by atoms with Gasteiger partial charge in [-0.2, -0.15) is 0 Å². The molecule has 0 nitrogen and oxygen atoms in total. The summed E-state index contributed by atoms with van der Waals surface area (Å²) in [7, 11) is 0. The van der Waals surface area contributed by atoms with E-state index in [-0.39, 0.29) is 0 Å². The Morgan fingerprint density at radius 3 is 1.58 bits per heavy atom. The van der Waals surface area contributed by atoms with Crippen LogP contribution in [0, 0.1) is 5.92 Å². The van der Waals surface area contributed by atoms with Crippen molar-refractivity contribution in [2.24, 2.45) is 5.92 Å². The monoisotopic (exact) mass is 170 g/mol. The van der Waals surface area contributed by atoms with Gasteiger partial charge < -0.3 is 0 Å². The lowest BCUT2D eigenvalue weighted by Gasteiger charge is -2.15. The SMILES string of the molecule is CC1CCCCC1.CCCCC. The number of hydrogen-bond acceptors (Lipinski definition) is 0. The summed E-state index contributed by atoms with van der Waals surface area (Å²) in [6, 6.07) is 0. The van der Waals surface area contributed by atoms with Crippen LogP contribution in [-0.2, 0) is 0 Å². The highest BCUT2D eigenvalue weighted by molar-refractivity contribution is 4.59. The third kappa shape index (κ3) is 8.10. The van der Waals surface area contributed by atoms with E-state index in [0.29, 0.717) is 0 Å². The molecule has 0 spiro atoms. The van der Waals surface area contributed by atoms with Gasteiger partial charge in [-0.3, -0.25) is 0 Å². The highest BCUT2D eigenvalue weighted by Crippen LogP contribution is 2.22. The lowest BCUT2D eigenvalue weighted by molar-refractivity contribution is 0.385. The molecule has 1 aliphatic rings. The molecule has 0 radical (unpaired) electrons. The molecule has 0 aromatic rings. The molecule has 1 rings (SSSR count). The van der Waals surface area contributed by atoms with Gasteiger partial charge >= 0.3 is 0 Å². The third-order valence-electron chi connectivity index (χ3n) is 2.60. The second kappa shape index (κ2) is 9.09. The third-order valence-corrected chi connectivity index (χ3v) is 2.60. The molecule has 0 unspecified atom stereocenters. The van der Waals surface area contributed by atoms with E-state index in [1.807, 2.05) is 0 Å². The van der Waals surface area contributed by atoms with Gasteiger partial charge in [0.15, 0.2) is 0 Å². The van der Waals surface area contributed by atoms with Crippen LogP contribution >= 0.6 is 0 Å². The van der Waals surface area contributed by atoms with Crippen molar-refractivity contribution in [3.8, 4) is 0 Å². The molecule has 0 atom stereocenters. The molecule has 0 bridgehead atoms. The summed E-state index contributed by atoms with van der Waals surface area (Å²) in [5.41, 5.74) is 0. The Kier molecular flexibility index (Phi) is 9.09. The van der Waals surface area contributed by atoms with E-state index in [1.54, 1.807) is 0 Å². The van der Waals surface area contributed by atoms with E-state index in [1.165, 1.54) is 51.4 Å². The fourth-order valence-electron chi connectivity index (χ4n) is 1.66. The van der Waals surface area contributed by atoms with Crippen molar-refractivity contribution in [2.75, 3.05) is 0 Å². The van der Waals surface area contributed by atoms with Gasteiger partial charge in [0, 0.05) is 0 Å². The maximum atomic E-state index is 2.36. The zero-order valence-electron chi connectivity index (χ0n) is 9.23. The summed E-state index contributed by atoms with van der Waals surface area (Å²) >= 11 is 0. The van der Waals surface area contributed by atoms with E-state index in [0.717, 1.165) is 5.92 Å². The standard InChI is InChI=1S/C7H14.C5H12/c1-7-5-3-2-4-6-7;1-3-5-4-2/h7H,2-6H2,1H3;3-5H2,1-2H3. The minimum Gasteiger partial charge on any atom is -0.0654 e. The smallest absolute Gasteiger partial charge is 0.0443 e. The summed E-state index contributed by atoms with van der Waals surface area (Å²) in [5.74, 6) is 1.04. The van der Waals surface area contributed by atoms with Crippen LogP contribution in [0.15, 0.2) is 0 Å². The summed E-state index contributed by atoms with van der Waals surface area (Å²) in [4.78, 5) is 0. The van der Waals surface area contributed by atoms with Crippen molar-refractivity contribution in [1.29, 1.82) is 0 Å². The van der Waals surface area contributed by atoms with Crippen molar-refractivity contribution in [1.82, 2.24) is 0 Å². The Hall–Kier alpha value is 0. The second-order valence-electron chi connectivity index (χ2n) is 4.10. The maximum Gasteiger partial charge on any atom is -0.0443 e. The van der Waals surface area contributed by atoms with Crippen molar-refractivity contribution >= 4 is 0 Å². The fourth-order valence-corrected chi connectivity index (χ4v) is 1.66. The summed E-state index contributed by atoms with van der Waals surface area (Å²) in [6.07, 6.45) is 11.5. The molecule has 0 aromatic carbocycles. The van der Waals surface area contributed by atoms with E-state index in [9.17, 15) is 0 Å². The van der Waals surface area contributed by atoms with Gasteiger partial charge in [-0.1, -0.05) is 72.1 Å². The molecule has 0 N–H and O–H groups in total. The number of unbranched alkanes of at least 4 members (excludes halogenated alkanes) is 2. The molecule has 74 valence electrons. The van der Waals surface area contributed by atoms with Gasteiger partial charge in [-0.05, 0) is 5.92 Å². The Morgan fingerprint density at radius 1 is 0.917 bits per heavy atom. The van der Waals surface area contributed by atoms with Crippen LogP contribution in [0.5, 0.6) is 0 Å². The average molecular weight is 170 g/mol. The first-order valence-electron chi connectivity index (χ1n) is 5.81. The average Bonchev–Trinajstić information content (AvgIpc) is 2.08. The minimum absolute atomic E-state index is 1.04. The Morgan fingerprint density at radius 2 is 1.42 bits per heavy atom. The highest BCUT2D eigenvalue weighted by atomic mass is 14.1. The van der Waals surface area contributed by atoms with Crippen molar-refractivity contribution in [3.05, 3.63) is 0 Å². The van der Waals surface area contributed by atoms with Gasteiger partial charge in [0.1, 0.15) is 0 Å². The molecule has 1 fully saturated rings. The summed E-state index contributed by atoms with van der Waals surface area (Å²) in [6.45, 7) is 6.78. The zero-order valence-corrected chi connectivity index (χ0v) is 9.23. The van der Waals surface area contributed by atoms with Crippen LogP contribution in [-0.4, -0.2) is 0 Å². The molecule has 0 amide bonds. The molecular formula is C12H26. The van der Waals surface area contributed by atoms with Crippen LogP contribution in [0.1, 0.15) is 72.1 Å². The zero-order chi connectivity index (χ0) is 9.23. The molecule has 1 saturated carbocycles. The predicted molar refractivity (Wildman–Crippen MR) is 57.4 cm³/mol. The Labute approximate surface area is 78.8 Å². The van der Waals surface area contributed by atoms with Crippen molar-refractivity contribution < 1.29 is 0 Å². The van der Waals surface area contributed by atoms with Crippen LogP contribution in [0.4, 0.5) is 0 Å². The molecule has 0 heterocycles. The predicted octanol–water partition coefficient (Wildman–Crippen LogP) is 4.78. The van der Waals surface area contributed by atoms with Crippen molar-refractivity contribution in [3.63, 3.8) is 0 Å². The molecule has 1 aliphatic carbocycles. The largest absolute Gasteiger partial charge is 0.0654 e. The lowest BCUT2D eigenvalue weighted by Crippen LogP contribution is -1.99. The van der Waals surface area contributed by atoms with Gasteiger partial charge in [0.05, 0.1) is 0 Å². The van der Waals surface area contributed by atoms with Gasteiger partial charge in [-0.25, -0.2) is 0 Å². The maximum absolute atomic E-state index is 2.36. The van der Waals surface area contributed by atoms with E-state index < -0.39 is 0 Å². The minimum atomic E-state index is 1.04. The Balaban J connectivity index is 0.000000217. The topological polar surface area (TPSA) is 0 Å². The second-order valence-corrected chi connectivity index (χ2v) is 4.10. The number of rotatable bonds is 2. The molecule has 0 heteroatoms. The van der Waals surface area contributed by atoms with Crippen LogP contribution < -0.4 is 0 Å². The van der Waals surface area contributed by atoms with Gasteiger partial charge in [0.2, 0.25) is 0 Å². The van der Waals surface area contributed by atoms with Crippen LogP contribution in [0.3, 0.4) is 0 Å². The number of hydrogen-bond donors (Lipinski definition) is 0. The van der Waals surface area contributed by atoms with Crippen LogP contribution in [0.2, 0.25) is 0 Å². The molecule has 0 saturated heterocycles. The normalized spacial score (nSPS) is 18.2. The van der Waals surface area contributed by atoms with Crippen LogP contribution in [0.25, 0.3) is 0 Å². The first-order valence-corrected chi connectivity index (χ1v) is 5.81. The van der Waals surface area contributed by atoms with E-state index in [2.05, 4.69) is 20.8 Å². The Bertz CT molecular complexity index is 68.1. The molecule has 12 heavy (non-hydrogen) atoms. The van der Waals surface area contributed by atoms with E-state index in [4.69, 9.17) is 0 Å². The quantitative estimate of drug-likeness (QED) is 0.559. The van der Waals surface area contributed by atoms with Gasteiger partial charge in [0.25, 0.3) is 0 Å². The lowest BCUT2D eigenvalue weighted by atomic mass is 9.91. The molecule has 0 aromatic heterocycles.